The second kappa shape index (κ2) is 4.49. The first-order valence-corrected chi connectivity index (χ1v) is 3.81. The Morgan fingerprint density at radius 2 is 2.08 bits per heavy atom. The predicted molar refractivity (Wildman–Crippen MR) is 50.4 cm³/mol. The molecule has 13 heavy (non-hydrogen) atoms. The molecule has 0 aromatic heterocycles. The molecule has 0 aromatic rings. The van der Waals surface area contributed by atoms with Crippen molar-refractivity contribution in [3.63, 3.8) is 0 Å². The van der Waals surface area contributed by atoms with Crippen LogP contribution in [0, 0.1) is 5.41 Å². The van der Waals surface area contributed by atoms with Crippen molar-refractivity contribution in [2.75, 3.05) is 0 Å². The molecule has 0 aliphatic rings. The highest BCUT2D eigenvalue weighted by molar-refractivity contribution is 5.88. The van der Waals surface area contributed by atoms with Crippen LogP contribution in [-0.4, -0.2) is 17.5 Å². The number of rotatable bonds is 2. The van der Waals surface area contributed by atoms with Gasteiger partial charge in [-0.1, -0.05) is 0 Å². The molecule has 4 N–H and O–H groups in total. The van der Waals surface area contributed by atoms with Crippen LogP contribution in [0.5, 0.6) is 0 Å². The average Bonchev–Trinajstić information content (AvgIpc) is 1.81. The van der Waals surface area contributed by atoms with E-state index >= 15 is 0 Å². The molecule has 0 fully saturated rings. The summed E-state index contributed by atoms with van der Waals surface area (Å²) in [6.07, 6.45) is 1.95. The van der Waals surface area contributed by atoms with Gasteiger partial charge in [0.1, 0.15) is 11.4 Å². The van der Waals surface area contributed by atoms with Crippen molar-refractivity contribution in [2.24, 2.45) is 5.73 Å². The van der Waals surface area contributed by atoms with Crippen LogP contribution in [0.1, 0.15) is 20.8 Å². The molecule has 0 saturated carbocycles. The Labute approximate surface area is 77.5 Å². The molecule has 0 saturated heterocycles. The van der Waals surface area contributed by atoms with E-state index in [2.05, 4.69) is 5.32 Å². The first kappa shape index (κ1) is 11.5. The maximum absolute atomic E-state index is 10.9. The molecule has 0 spiro atoms. The van der Waals surface area contributed by atoms with Crippen LogP contribution in [-0.2, 0) is 4.74 Å². The number of nitrogens with two attached hydrogens (primary N) is 1. The Morgan fingerprint density at radius 1 is 1.54 bits per heavy atom. The first-order chi connectivity index (χ1) is 5.81. The second-order valence-electron chi connectivity index (χ2n) is 3.43. The minimum absolute atomic E-state index is 0.129. The molecule has 0 aliphatic carbocycles. The normalized spacial score (nSPS) is 11.3. The fraction of sp³-hybridized carbons (Fsp3) is 0.500. The lowest BCUT2D eigenvalue weighted by Gasteiger charge is -2.18. The van der Waals surface area contributed by atoms with E-state index in [1.54, 1.807) is 20.8 Å². The van der Waals surface area contributed by atoms with E-state index in [4.69, 9.17) is 15.9 Å². The predicted octanol–water partition coefficient (Wildman–Crippen LogP) is 0.961. The van der Waals surface area contributed by atoms with Crippen molar-refractivity contribution in [2.45, 2.75) is 26.4 Å². The topological polar surface area (TPSA) is 88.2 Å². The quantitative estimate of drug-likeness (QED) is 0.442. The standard InChI is InChI=1S/C8H15N3O2/c1-8(2,3)13-7(12)11-5-4-6(9)10/h4-5H,1-3H3,(H3,9,10)(H,11,12)/b5-4-. The summed E-state index contributed by atoms with van der Waals surface area (Å²) in [5, 5.41) is 9.13. The highest BCUT2D eigenvalue weighted by Gasteiger charge is 2.14. The van der Waals surface area contributed by atoms with Crippen LogP contribution in [0.15, 0.2) is 12.3 Å². The molecule has 0 atom stereocenters. The van der Waals surface area contributed by atoms with E-state index in [1.807, 2.05) is 0 Å². The van der Waals surface area contributed by atoms with Gasteiger partial charge in [-0.25, -0.2) is 4.79 Å². The summed E-state index contributed by atoms with van der Waals surface area (Å²) in [6, 6.07) is 0. The fourth-order valence-electron chi connectivity index (χ4n) is 0.507. The Hall–Kier alpha value is -1.52. The molecule has 0 heterocycles. The summed E-state index contributed by atoms with van der Waals surface area (Å²) >= 11 is 0. The highest BCUT2D eigenvalue weighted by atomic mass is 16.6. The lowest BCUT2D eigenvalue weighted by atomic mass is 10.2. The average molecular weight is 185 g/mol. The molecule has 0 radical (unpaired) electrons. The van der Waals surface area contributed by atoms with Gasteiger partial charge in [0.25, 0.3) is 0 Å². The number of amides is 1. The zero-order valence-electron chi connectivity index (χ0n) is 8.05. The molecule has 5 heteroatoms. The number of amidine groups is 1. The van der Waals surface area contributed by atoms with Crippen molar-refractivity contribution in [3.8, 4) is 0 Å². The van der Waals surface area contributed by atoms with Gasteiger partial charge in [0.2, 0.25) is 0 Å². The maximum atomic E-state index is 10.9. The second-order valence-corrected chi connectivity index (χ2v) is 3.43. The Balaban J connectivity index is 3.83. The van der Waals surface area contributed by atoms with Gasteiger partial charge >= 0.3 is 6.09 Å². The summed E-state index contributed by atoms with van der Waals surface area (Å²) < 4.78 is 4.91. The van der Waals surface area contributed by atoms with Crippen LogP contribution in [0.4, 0.5) is 4.79 Å². The number of alkyl carbamates (subject to hydrolysis) is 1. The molecule has 0 aliphatic heterocycles. The van der Waals surface area contributed by atoms with Gasteiger partial charge < -0.3 is 10.5 Å². The smallest absolute Gasteiger partial charge is 0.411 e. The van der Waals surface area contributed by atoms with Crippen LogP contribution in [0.25, 0.3) is 0 Å². The molecule has 5 nitrogen and oxygen atoms in total. The van der Waals surface area contributed by atoms with Gasteiger partial charge in [-0.3, -0.25) is 10.7 Å². The summed E-state index contributed by atoms with van der Waals surface area (Å²) in [5.41, 5.74) is 4.49. The van der Waals surface area contributed by atoms with Gasteiger partial charge in [0.15, 0.2) is 0 Å². The summed E-state index contributed by atoms with van der Waals surface area (Å²) in [5.74, 6) is -0.129. The zero-order valence-corrected chi connectivity index (χ0v) is 8.05. The van der Waals surface area contributed by atoms with Gasteiger partial charge in [-0.05, 0) is 26.8 Å². The first-order valence-electron chi connectivity index (χ1n) is 3.81. The fourth-order valence-corrected chi connectivity index (χ4v) is 0.507. The Bertz CT molecular complexity index is 228. The van der Waals surface area contributed by atoms with E-state index in [0.29, 0.717) is 0 Å². The van der Waals surface area contributed by atoms with Crippen molar-refractivity contribution in [3.05, 3.63) is 12.3 Å². The van der Waals surface area contributed by atoms with Crippen LogP contribution in [0.3, 0.4) is 0 Å². The Morgan fingerprint density at radius 3 is 2.46 bits per heavy atom. The van der Waals surface area contributed by atoms with Crippen LogP contribution in [0.2, 0.25) is 0 Å². The largest absolute Gasteiger partial charge is 0.444 e. The molecule has 0 bridgehead atoms. The summed E-state index contributed by atoms with van der Waals surface area (Å²) in [7, 11) is 0. The maximum Gasteiger partial charge on any atom is 0.411 e. The monoisotopic (exact) mass is 185 g/mol. The number of nitrogens with one attached hydrogen (secondary N) is 2. The highest BCUT2D eigenvalue weighted by Crippen LogP contribution is 2.05. The van der Waals surface area contributed by atoms with Crippen molar-refractivity contribution < 1.29 is 9.53 Å². The lowest BCUT2D eigenvalue weighted by molar-refractivity contribution is 0.0552. The minimum Gasteiger partial charge on any atom is -0.444 e. The number of carbonyl (C=O) groups is 1. The van der Waals surface area contributed by atoms with Crippen molar-refractivity contribution >= 4 is 11.9 Å². The Kier molecular flexibility index (Phi) is 3.97. The lowest BCUT2D eigenvalue weighted by Crippen LogP contribution is -2.29. The molecular formula is C8H15N3O2. The zero-order chi connectivity index (χ0) is 10.5. The van der Waals surface area contributed by atoms with Crippen LogP contribution < -0.4 is 11.1 Å². The third-order valence-electron chi connectivity index (χ3n) is 0.863. The number of hydrogen-bond donors (Lipinski definition) is 3. The summed E-state index contributed by atoms with van der Waals surface area (Å²) in [6.45, 7) is 5.30. The van der Waals surface area contributed by atoms with Gasteiger partial charge in [-0.2, -0.15) is 0 Å². The van der Waals surface area contributed by atoms with E-state index in [9.17, 15) is 4.79 Å². The molecule has 1 amide bonds. The third kappa shape index (κ3) is 8.39. The molecule has 0 unspecified atom stereocenters. The number of ether oxygens (including phenoxy) is 1. The van der Waals surface area contributed by atoms with Crippen molar-refractivity contribution in [1.29, 1.82) is 5.41 Å². The molecule has 74 valence electrons. The molecule has 0 aromatic carbocycles. The van der Waals surface area contributed by atoms with Crippen molar-refractivity contribution in [1.82, 2.24) is 5.32 Å². The van der Waals surface area contributed by atoms with E-state index in [1.165, 1.54) is 12.3 Å². The van der Waals surface area contributed by atoms with E-state index < -0.39 is 11.7 Å². The number of hydrogen-bond acceptors (Lipinski definition) is 3. The summed E-state index contributed by atoms with van der Waals surface area (Å²) in [4.78, 5) is 10.9. The third-order valence-corrected chi connectivity index (χ3v) is 0.863. The van der Waals surface area contributed by atoms with Gasteiger partial charge in [0.05, 0.1) is 0 Å². The number of carbonyl (C=O) groups excluding carboxylic acids is 1. The van der Waals surface area contributed by atoms with Gasteiger partial charge in [-0.15, -0.1) is 0 Å². The van der Waals surface area contributed by atoms with Crippen LogP contribution >= 0.6 is 0 Å². The molecular weight excluding hydrogens is 170 g/mol. The van der Waals surface area contributed by atoms with E-state index in [-0.39, 0.29) is 5.84 Å². The SMILES string of the molecule is CC(C)(C)OC(=O)N/C=C\C(=N)N. The van der Waals surface area contributed by atoms with Gasteiger partial charge in [0, 0.05) is 6.20 Å². The molecule has 0 rings (SSSR count). The van der Waals surface area contributed by atoms with E-state index in [0.717, 1.165) is 0 Å². The minimum atomic E-state index is -0.565.